The molecule has 0 saturated heterocycles. The van der Waals surface area contributed by atoms with E-state index in [-0.39, 0.29) is 11.2 Å². The number of hydrogen-bond acceptors (Lipinski definition) is 6. The van der Waals surface area contributed by atoms with Crippen LogP contribution in [0.1, 0.15) is 29.3 Å². The van der Waals surface area contributed by atoms with Gasteiger partial charge in [-0.1, -0.05) is 79.7 Å². The smallest absolute Gasteiger partial charge is 0.260 e. The third-order valence-electron chi connectivity index (χ3n) is 6.08. The Kier molecular flexibility index (Phi) is 9.02. The minimum atomic E-state index is -1.40. The lowest BCUT2D eigenvalue weighted by atomic mass is 9.96. The zero-order valence-electron chi connectivity index (χ0n) is 21.7. The molecular formula is C32H30O5S. The Bertz CT molecular complexity index is 1560. The van der Waals surface area contributed by atoms with Crippen LogP contribution < -0.4 is 10.2 Å². The van der Waals surface area contributed by atoms with Crippen molar-refractivity contribution >= 4 is 37.3 Å². The molecule has 0 aliphatic carbocycles. The lowest BCUT2D eigenvalue weighted by molar-refractivity contribution is -0.176. The summed E-state index contributed by atoms with van der Waals surface area (Å²) >= 11 is 1.64. The molecule has 0 unspecified atom stereocenters. The van der Waals surface area contributed by atoms with E-state index in [1.165, 1.54) is 14.2 Å². The number of rotatable bonds is 8. The van der Waals surface area contributed by atoms with E-state index in [4.69, 9.17) is 14.2 Å². The van der Waals surface area contributed by atoms with Crippen molar-refractivity contribution in [2.75, 3.05) is 20.8 Å². The monoisotopic (exact) mass is 526 g/mol. The highest BCUT2D eigenvalue weighted by molar-refractivity contribution is 7.24. The van der Waals surface area contributed by atoms with Gasteiger partial charge in [-0.3, -0.25) is 9.59 Å². The summed E-state index contributed by atoms with van der Waals surface area (Å²) in [6.07, 6.45) is 0.961. The van der Waals surface area contributed by atoms with Crippen molar-refractivity contribution < 1.29 is 19.0 Å². The maximum atomic E-state index is 12.7. The molecule has 4 aromatic carbocycles. The number of ether oxygens (including phenoxy) is 3. The van der Waals surface area contributed by atoms with Gasteiger partial charge in [0.2, 0.25) is 5.78 Å². The molecule has 194 valence electrons. The van der Waals surface area contributed by atoms with Crippen molar-refractivity contribution in [2.24, 2.45) is 0 Å². The van der Waals surface area contributed by atoms with Crippen LogP contribution >= 0.6 is 11.3 Å². The van der Waals surface area contributed by atoms with E-state index >= 15 is 0 Å². The average Bonchev–Trinajstić information content (AvgIpc) is 2.98. The minimum absolute atomic E-state index is 0.0892. The average molecular weight is 527 g/mol. The SMILES string of the molecule is CCCOc1ccc2sc3ccccc3c(=O)c2c1.COC(OC)(C(=O)c1ccccc1)c1ccccc1. The van der Waals surface area contributed by atoms with Crippen molar-refractivity contribution in [2.45, 2.75) is 19.1 Å². The zero-order valence-corrected chi connectivity index (χ0v) is 22.5. The molecule has 0 aliphatic rings. The number of carbonyl (C=O) groups excluding carboxylic acids is 1. The first-order valence-electron chi connectivity index (χ1n) is 12.4. The summed E-state index contributed by atoms with van der Waals surface area (Å²) in [5.74, 6) is -0.846. The van der Waals surface area contributed by atoms with Crippen LogP contribution in [0.15, 0.2) is 108 Å². The van der Waals surface area contributed by atoms with Gasteiger partial charge in [0, 0.05) is 45.5 Å². The minimum Gasteiger partial charge on any atom is -0.494 e. The molecule has 0 spiro atoms. The first kappa shape index (κ1) is 27.2. The number of Topliss-reactive ketones (excluding diaryl/α,β-unsaturated/α-hetero) is 1. The molecule has 5 rings (SSSR count). The fourth-order valence-electron chi connectivity index (χ4n) is 4.16. The van der Waals surface area contributed by atoms with Crippen LogP contribution in [-0.2, 0) is 15.3 Å². The van der Waals surface area contributed by atoms with E-state index in [1.54, 1.807) is 23.5 Å². The summed E-state index contributed by atoms with van der Waals surface area (Å²) in [4.78, 5) is 25.1. The van der Waals surface area contributed by atoms with Crippen LogP contribution in [0.25, 0.3) is 20.2 Å². The fraction of sp³-hybridized carbons (Fsp3) is 0.188. The van der Waals surface area contributed by atoms with Gasteiger partial charge in [0.1, 0.15) is 5.75 Å². The Labute approximate surface area is 226 Å². The van der Waals surface area contributed by atoms with Gasteiger partial charge in [0.15, 0.2) is 5.43 Å². The number of hydrogen-bond donors (Lipinski definition) is 0. The maximum Gasteiger partial charge on any atom is 0.260 e. The summed E-state index contributed by atoms with van der Waals surface area (Å²) in [6, 6.07) is 31.7. The van der Waals surface area contributed by atoms with E-state index in [0.717, 1.165) is 32.3 Å². The lowest BCUT2D eigenvalue weighted by Crippen LogP contribution is -2.39. The Morgan fingerprint density at radius 1 is 0.763 bits per heavy atom. The number of methoxy groups -OCH3 is 2. The normalized spacial score (nSPS) is 11.1. The number of fused-ring (bicyclic) bond motifs is 2. The van der Waals surface area contributed by atoms with Crippen LogP contribution in [0.4, 0.5) is 0 Å². The van der Waals surface area contributed by atoms with Crippen molar-refractivity contribution in [1.29, 1.82) is 0 Å². The van der Waals surface area contributed by atoms with Crippen molar-refractivity contribution in [1.82, 2.24) is 0 Å². The molecule has 0 N–H and O–H groups in total. The summed E-state index contributed by atoms with van der Waals surface area (Å²) < 4.78 is 18.5. The standard InChI is InChI=1S/C16H16O3.C16H14O2S/c1-18-16(19-2,14-11-7-4-8-12-14)15(17)13-9-5-3-6-10-13;1-2-9-18-11-7-8-15-13(10-11)16(17)12-5-3-4-6-14(12)19-15/h3-12H,1-2H3;3-8,10H,2,9H2,1H3. The van der Waals surface area contributed by atoms with Gasteiger partial charge in [-0.25, -0.2) is 0 Å². The third kappa shape index (κ3) is 5.68. The van der Waals surface area contributed by atoms with Gasteiger partial charge in [-0.2, -0.15) is 0 Å². The third-order valence-corrected chi connectivity index (χ3v) is 7.24. The van der Waals surface area contributed by atoms with Gasteiger partial charge >= 0.3 is 0 Å². The molecule has 0 bridgehead atoms. The molecule has 1 aromatic heterocycles. The fourth-order valence-corrected chi connectivity index (χ4v) is 5.22. The highest BCUT2D eigenvalue weighted by Crippen LogP contribution is 2.30. The second kappa shape index (κ2) is 12.6. The largest absolute Gasteiger partial charge is 0.494 e. The Hall–Kier alpha value is -3.84. The molecule has 0 amide bonds. The van der Waals surface area contributed by atoms with E-state index < -0.39 is 5.79 Å². The van der Waals surface area contributed by atoms with Gasteiger partial charge in [0.25, 0.3) is 5.79 Å². The molecule has 0 radical (unpaired) electrons. The molecule has 0 atom stereocenters. The Balaban J connectivity index is 0.000000177. The van der Waals surface area contributed by atoms with Crippen LogP contribution in [0.3, 0.4) is 0 Å². The molecule has 1 heterocycles. The first-order valence-corrected chi connectivity index (χ1v) is 13.2. The van der Waals surface area contributed by atoms with Crippen molar-refractivity contribution in [3.05, 3.63) is 124 Å². The molecule has 0 aliphatic heterocycles. The van der Waals surface area contributed by atoms with Gasteiger partial charge in [0.05, 0.1) is 6.61 Å². The van der Waals surface area contributed by atoms with E-state index in [2.05, 4.69) is 6.92 Å². The molecule has 0 saturated carbocycles. The zero-order chi connectivity index (χ0) is 27.0. The Morgan fingerprint density at radius 2 is 1.37 bits per heavy atom. The highest BCUT2D eigenvalue weighted by atomic mass is 32.1. The topological polar surface area (TPSA) is 61.8 Å². The van der Waals surface area contributed by atoms with Gasteiger partial charge < -0.3 is 14.2 Å². The van der Waals surface area contributed by atoms with Crippen molar-refractivity contribution in [3.63, 3.8) is 0 Å². The summed E-state index contributed by atoms with van der Waals surface area (Å²) in [7, 11) is 2.94. The van der Waals surface area contributed by atoms with Gasteiger partial charge in [-0.15, -0.1) is 11.3 Å². The first-order chi connectivity index (χ1) is 18.5. The molecule has 5 aromatic rings. The molecule has 6 heteroatoms. The number of carbonyl (C=O) groups is 1. The molecule has 38 heavy (non-hydrogen) atoms. The van der Waals surface area contributed by atoms with Crippen LogP contribution in [0.5, 0.6) is 5.75 Å². The molecule has 5 nitrogen and oxygen atoms in total. The quantitative estimate of drug-likeness (QED) is 0.121. The summed E-state index contributed by atoms with van der Waals surface area (Å²) in [5.41, 5.74) is 1.32. The van der Waals surface area contributed by atoms with Gasteiger partial charge in [-0.05, 0) is 36.8 Å². The van der Waals surface area contributed by atoms with E-state index in [0.29, 0.717) is 17.7 Å². The molecule has 0 fully saturated rings. The number of ketones is 1. The molecular weight excluding hydrogens is 496 g/mol. The van der Waals surface area contributed by atoms with Crippen LogP contribution in [-0.4, -0.2) is 26.6 Å². The van der Waals surface area contributed by atoms with Crippen molar-refractivity contribution in [3.8, 4) is 5.75 Å². The Morgan fingerprint density at radius 3 is 2.03 bits per heavy atom. The second-order valence-electron chi connectivity index (χ2n) is 8.52. The van der Waals surface area contributed by atoms with E-state index in [1.807, 2.05) is 91.0 Å². The number of benzene rings is 4. The van der Waals surface area contributed by atoms with E-state index in [9.17, 15) is 9.59 Å². The maximum absolute atomic E-state index is 12.7. The lowest BCUT2D eigenvalue weighted by Gasteiger charge is -2.29. The second-order valence-corrected chi connectivity index (χ2v) is 9.60. The summed E-state index contributed by atoms with van der Waals surface area (Å²) in [5, 5.41) is 1.53. The predicted octanol–water partition coefficient (Wildman–Crippen LogP) is 7.22. The predicted molar refractivity (Wildman–Crippen MR) is 154 cm³/mol. The van der Waals surface area contributed by atoms with Crippen LogP contribution in [0.2, 0.25) is 0 Å². The highest BCUT2D eigenvalue weighted by Gasteiger charge is 2.41. The van der Waals surface area contributed by atoms with Crippen LogP contribution in [0, 0.1) is 0 Å². The summed E-state index contributed by atoms with van der Waals surface area (Å²) in [6.45, 7) is 2.74.